The molecule has 0 saturated carbocycles. The summed E-state index contributed by atoms with van der Waals surface area (Å²) in [4.78, 5) is 13.0. The summed E-state index contributed by atoms with van der Waals surface area (Å²) < 4.78 is 34.7. The number of anilines is 1. The highest BCUT2D eigenvalue weighted by Gasteiger charge is 2.35. The van der Waals surface area contributed by atoms with Crippen LogP contribution in [-0.4, -0.2) is 14.2 Å². The zero-order valence-electron chi connectivity index (χ0n) is 17.3. The van der Waals surface area contributed by atoms with E-state index in [-0.39, 0.29) is 16.1 Å². The Labute approximate surface area is 171 Å². The highest BCUT2D eigenvalue weighted by atomic mass is 32.2. The predicted octanol–water partition coefficient (Wildman–Crippen LogP) is 5.31. The van der Waals surface area contributed by atoms with Gasteiger partial charge in [-0.2, -0.15) is 0 Å². The highest BCUT2D eigenvalue weighted by Crippen LogP contribution is 2.40. The topological polar surface area (TPSA) is 76.4 Å². The van der Waals surface area contributed by atoms with E-state index >= 15 is 0 Å². The molecule has 1 aliphatic rings. The van der Waals surface area contributed by atoms with Gasteiger partial charge in [-0.15, -0.1) is 0 Å². The van der Waals surface area contributed by atoms with Crippen molar-refractivity contribution in [3.63, 3.8) is 0 Å². The van der Waals surface area contributed by atoms with E-state index in [0.717, 1.165) is 5.56 Å². The summed E-state index contributed by atoms with van der Waals surface area (Å²) in [5, 5.41) is 0.665. The maximum absolute atomic E-state index is 13.1. The Morgan fingerprint density at radius 3 is 2.31 bits per heavy atom. The van der Waals surface area contributed by atoms with Crippen molar-refractivity contribution < 1.29 is 17.6 Å². The van der Waals surface area contributed by atoms with Crippen molar-refractivity contribution in [2.45, 2.75) is 52.4 Å². The molecule has 0 radical (unpaired) electrons. The maximum atomic E-state index is 13.1. The number of aryl methyl sites for hydroxylation is 3. The second-order valence-corrected chi connectivity index (χ2v) is 10.5. The van der Waals surface area contributed by atoms with Crippen LogP contribution in [0.25, 0.3) is 11.0 Å². The Balaban J connectivity index is 1.77. The van der Waals surface area contributed by atoms with Crippen LogP contribution in [-0.2, 0) is 16.4 Å². The standard InChI is InChI=1S/C23H25NO4S/c1-13-8-14(2)22(15(3)9-13)29(26,27)24-16-6-7-19-17(10-16)21-18(25)11-23(4,5)12-20(21)28-19/h6-10,24H,11-12H2,1-5H3. The number of rotatable bonds is 3. The summed E-state index contributed by atoms with van der Waals surface area (Å²) in [5.74, 6) is 0.728. The molecule has 1 N–H and O–H groups in total. The van der Waals surface area contributed by atoms with Gasteiger partial charge in [0.05, 0.1) is 10.5 Å². The lowest BCUT2D eigenvalue weighted by Gasteiger charge is -2.27. The number of hydrogen-bond donors (Lipinski definition) is 1. The van der Waals surface area contributed by atoms with Crippen LogP contribution >= 0.6 is 0 Å². The molecule has 152 valence electrons. The summed E-state index contributed by atoms with van der Waals surface area (Å²) in [6.45, 7) is 9.63. The van der Waals surface area contributed by atoms with Gasteiger partial charge < -0.3 is 4.42 Å². The molecule has 2 aromatic carbocycles. The lowest BCUT2D eigenvalue weighted by atomic mass is 9.76. The van der Waals surface area contributed by atoms with Crippen molar-refractivity contribution in [2.75, 3.05) is 4.72 Å². The van der Waals surface area contributed by atoms with E-state index in [2.05, 4.69) is 4.72 Å². The van der Waals surface area contributed by atoms with Gasteiger partial charge in [-0.1, -0.05) is 31.5 Å². The van der Waals surface area contributed by atoms with E-state index in [9.17, 15) is 13.2 Å². The number of furan rings is 1. The van der Waals surface area contributed by atoms with Gasteiger partial charge in [0.2, 0.25) is 0 Å². The van der Waals surface area contributed by atoms with E-state index in [1.165, 1.54) is 0 Å². The van der Waals surface area contributed by atoms with Crippen molar-refractivity contribution in [3.8, 4) is 0 Å². The number of ketones is 1. The van der Waals surface area contributed by atoms with Crippen LogP contribution in [0.15, 0.2) is 39.6 Å². The van der Waals surface area contributed by atoms with E-state index in [1.54, 1.807) is 32.0 Å². The van der Waals surface area contributed by atoms with Gasteiger partial charge in [-0.05, 0) is 55.5 Å². The molecule has 3 aromatic rings. The SMILES string of the molecule is Cc1cc(C)c(S(=O)(=O)Nc2ccc3oc4c(c3c2)C(=O)CC(C)(C)C4)c(C)c1. The zero-order chi connectivity index (χ0) is 21.1. The second-order valence-electron chi connectivity index (χ2n) is 8.89. The third kappa shape index (κ3) is 3.46. The number of fused-ring (bicyclic) bond motifs is 3. The molecule has 0 spiro atoms. The third-order valence-corrected chi connectivity index (χ3v) is 7.13. The molecule has 6 heteroatoms. The van der Waals surface area contributed by atoms with Crippen LogP contribution in [0.1, 0.15) is 53.1 Å². The number of Topliss-reactive ketones (excluding diaryl/α,β-unsaturated/α-hetero) is 1. The molecule has 0 fully saturated rings. The summed E-state index contributed by atoms with van der Waals surface area (Å²) in [5.41, 5.74) is 3.89. The van der Waals surface area contributed by atoms with E-state index in [4.69, 9.17) is 4.42 Å². The fourth-order valence-corrected chi connectivity index (χ4v) is 5.96. The molecule has 0 atom stereocenters. The van der Waals surface area contributed by atoms with Gasteiger partial charge in [0.15, 0.2) is 5.78 Å². The lowest BCUT2D eigenvalue weighted by Crippen LogP contribution is -2.25. The number of nitrogens with one attached hydrogen (secondary N) is 1. The third-order valence-electron chi connectivity index (χ3n) is 5.44. The van der Waals surface area contributed by atoms with Crippen molar-refractivity contribution >= 4 is 32.5 Å². The highest BCUT2D eigenvalue weighted by molar-refractivity contribution is 7.92. The van der Waals surface area contributed by atoms with Crippen molar-refractivity contribution in [2.24, 2.45) is 5.41 Å². The molecule has 0 bridgehead atoms. The van der Waals surface area contributed by atoms with Gasteiger partial charge in [0, 0.05) is 23.9 Å². The molecule has 1 heterocycles. The Hall–Kier alpha value is -2.60. The average molecular weight is 412 g/mol. The van der Waals surface area contributed by atoms with Gasteiger partial charge >= 0.3 is 0 Å². The van der Waals surface area contributed by atoms with Crippen LogP contribution in [0.5, 0.6) is 0 Å². The normalized spacial score (nSPS) is 16.1. The first-order valence-electron chi connectivity index (χ1n) is 9.66. The maximum Gasteiger partial charge on any atom is 0.262 e. The largest absolute Gasteiger partial charge is 0.460 e. The van der Waals surface area contributed by atoms with Gasteiger partial charge in [-0.3, -0.25) is 9.52 Å². The van der Waals surface area contributed by atoms with Crippen LogP contribution in [0, 0.1) is 26.2 Å². The first-order chi connectivity index (χ1) is 13.5. The molecule has 0 saturated heterocycles. The molecular formula is C23H25NO4S. The number of carbonyl (C=O) groups is 1. The monoisotopic (exact) mass is 411 g/mol. The van der Waals surface area contributed by atoms with Gasteiger partial charge in [0.1, 0.15) is 11.3 Å². The van der Waals surface area contributed by atoms with E-state index in [0.29, 0.717) is 51.9 Å². The molecule has 5 nitrogen and oxygen atoms in total. The van der Waals surface area contributed by atoms with Crippen molar-refractivity contribution in [3.05, 3.63) is 58.3 Å². The fraction of sp³-hybridized carbons (Fsp3) is 0.348. The van der Waals surface area contributed by atoms with Crippen LogP contribution < -0.4 is 4.72 Å². The quantitative estimate of drug-likeness (QED) is 0.633. The Bertz CT molecular complexity index is 1240. The summed E-state index contributed by atoms with van der Waals surface area (Å²) >= 11 is 0. The number of benzene rings is 2. The van der Waals surface area contributed by atoms with Crippen LogP contribution in [0.3, 0.4) is 0 Å². The van der Waals surface area contributed by atoms with Crippen LogP contribution in [0.4, 0.5) is 5.69 Å². The minimum absolute atomic E-state index is 0.0419. The van der Waals surface area contributed by atoms with Crippen molar-refractivity contribution in [1.82, 2.24) is 0 Å². The Kier molecular flexibility index (Phi) is 4.39. The van der Waals surface area contributed by atoms with E-state index in [1.807, 2.05) is 32.9 Å². The average Bonchev–Trinajstić information content (AvgIpc) is 2.88. The molecule has 0 amide bonds. The summed E-state index contributed by atoms with van der Waals surface area (Å²) in [6.07, 6.45) is 1.14. The molecule has 1 aromatic heterocycles. The predicted molar refractivity (Wildman–Crippen MR) is 114 cm³/mol. The minimum Gasteiger partial charge on any atom is -0.460 e. The summed E-state index contributed by atoms with van der Waals surface area (Å²) in [6, 6.07) is 8.81. The molecule has 0 unspecified atom stereocenters. The minimum atomic E-state index is -3.76. The van der Waals surface area contributed by atoms with Crippen LogP contribution in [0.2, 0.25) is 0 Å². The fourth-order valence-electron chi connectivity index (χ4n) is 4.46. The lowest BCUT2D eigenvalue weighted by molar-refractivity contribution is 0.0906. The molecule has 0 aliphatic heterocycles. The van der Waals surface area contributed by atoms with Crippen molar-refractivity contribution in [1.29, 1.82) is 0 Å². The zero-order valence-corrected chi connectivity index (χ0v) is 18.2. The molecular weight excluding hydrogens is 386 g/mol. The number of hydrogen-bond acceptors (Lipinski definition) is 4. The molecule has 1 aliphatic carbocycles. The number of carbonyl (C=O) groups excluding carboxylic acids is 1. The Morgan fingerprint density at radius 1 is 1.00 bits per heavy atom. The smallest absolute Gasteiger partial charge is 0.262 e. The summed E-state index contributed by atoms with van der Waals surface area (Å²) in [7, 11) is -3.76. The van der Waals surface area contributed by atoms with Gasteiger partial charge in [-0.25, -0.2) is 8.42 Å². The molecule has 4 rings (SSSR count). The van der Waals surface area contributed by atoms with E-state index < -0.39 is 10.0 Å². The van der Waals surface area contributed by atoms with Gasteiger partial charge in [0.25, 0.3) is 10.0 Å². The second kappa shape index (κ2) is 6.46. The first kappa shape index (κ1) is 19.7. The Morgan fingerprint density at radius 2 is 1.66 bits per heavy atom. The first-order valence-corrected chi connectivity index (χ1v) is 11.1. The molecule has 29 heavy (non-hydrogen) atoms. The number of sulfonamides is 1.